The Kier molecular flexibility index (Phi) is 13.1. The molecule has 0 bridgehead atoms. The molecule has 220 valence electrons. The SMILES string of the molecule is CCN.CCNC(=O)c1cccc(C2CCCN2C(=O)OC(C)(C)C)c1.O=C(O)c1cccc(C2CCCC2)c1. The van der Waals surface area contributed by atoms with Gasteiger partial charge in [-0.25, -0.2) is 9.59 Å². The van der Waals surface area contributed by atoms with E-state index in [1.807, 2.05) is 71.0 Å². The van der Waals surface area contributed by atoms with E-state index in [4.69, 9.17) is 15.6 Å². The molecule has 0 radical (unpaired) electrons. The highest BCUT2D eigenvalue weighted by molar-refractivity contribution is 5.94. The first-order chi connectivity index (χ1) is 19.0. The van der Waals surface area contributed by atoms with E-state index in [9.17, 15) is 14.4 Å². The van der Waals surface area contributed by atoms with Gasteiger partial charge in [0.1, 0.15) is 5.60 Å². The van der Waals surface area contributed by atoms with E-state index >= 15 is 0 Å². The third-order valence-electron chi connectivity index (χ3n) is 6.71. The molecule has 8 heteroatoms. The van der Waals surface area contributed by atoms with Crippen LogP contribution >= 0.6 is 0 Å². The molecule has 0 aromatic heterocycles. The van der Waals surface area contributed by atoms with Crippen LogP contribution < -0.4 is 11.1 Å². The van der Waals surface area contributed by atoms with Crippen LogP contribution in [-0.2, 0) is 4.74 Å². The minimum Gasteiger partial charge on any atom is -0.478 e. The van der Waals surface area contributed by atoms with Gasteiger partial charge in [-0.3, -0.25) is 4.79 Å². The molecule has 2 aromatic rings. The van der Waals surface area contributed by atoms with E-state index in [1.54, 1.807) is 17.0 Å². The molecule has 1 heterocycles. The van der Waals surface area contributed by atoms with Crippen LogP contribution in [0, 0.1) is 0 Å². The first kappa shape index (κ1) is 32.8. The molecule has 1 saturated carbocycles. The second kappa shape index (κ2) is 16.0. The summed E-state index contributed by atoms with van der Waals surface area (Å²) in [5.74, 6) is -0.324. The van der Waals surface area contributed by atoms with Crippen LogP contribution in [0.1, 0.15) is 117 Å². The molecular weight excluding hydrogens is 506 g/mol. The zero-order chi connectivity index (χ0) is 29.7. The normalized spacial score (nSPS) is 16.8. The number of hydrogen-bond donors (Lipinski definition) is 3. The highest BCUT2D eigenvalue weighted by Crippen LogP contribution is 2.35. The lowest BCUT2D eigenvalue weighted by Crippen LogP contribution is -2.36. The van der Waals surface area contributed by atoms with Gasteiger partial charge < -0.3 is 25.8 Å². The maximum absolute atomic E-state index is 12.4. The Hall–Kier alpha value is -3.39. The summed E-state index contributed by atoms with van der Waals surface area (Å²) >= 11 is 0. The number of ether oxygens (including phenoxy) is 1. The Bertz CT molecular complexity index is 1110. The van der Waals surface area contributed by atoms with Gasteiger partial charge in [-0.05, 0) is 101 Å². The molecule has 1 aliphatic heterocycles. The number of hydrogen-bond acceptors (Lipinski definition) is 5. The van der Waals surface area contributed by atoms with Crippen molar-refractivity contribution in [3.63, 3.8) is 0 Å². The number of nitrogens with two attached hydrogens (primary N) is 1. The summed E-state index contributed by atoms with van der Waals surface area (Å²) < 4.78 is 5.50. The minimum absolute atomic E-state index is 0.0285. The monoisotopic (exact) mass is 553 g/mol. The van der Waals surface area contributed by atoms with Crippen LogP contribution in [0.4, 0.5) is 4.79 Å². The van der Waals surface area contributed by atoms with Crippen molar-refractivity contribution in [1.82, 2.24) is 10.2 Å². The van der Waals surface area contributed by atoms with Crippen molar-refractivity contribution in [2.24, 2.45) is 5.73 Å². The highest BCUT2D eigenvalue weighted by Gasteiger charge is 2.33. The molecule has 8 nitrogen and oxygen atoms in total. The summed E-state index contributed by atoms with van der Waals surface area (Å²) in [4.78, 5) is 36.9. The quantitative estimate of drug-likeness (QED) is 0.388. The fraction of sp³-hybridized carbons (Fsp3) is 0.531. The smallest absolute Gasteiger partial charge is 0.410 e. The van der Waals surface area contributed by atoms with E-state index in [1.165, 1.54) is 31.2 Å². The second-order valence-corrected chi connectivity index (χ2v) is 11.1. The molecule has 0 spiro atoms. The van der Waals surface area contributed by atoms with Gasteiger partial charge in [-0.1, -0.05) is 44.0 Å². The van der Waals surface area contributed by atoms with E-state index in [-0.39, 0.29) is 18.0 Å². The van der Waals surface area contributed by atoms with Crippen LogP contribution in [0.3, 0.4) is 0 Å². The summed E-state index contributed by atoms with van der Waals surface area (Å²) in [6.07, 6.45) is 6.52. The lowest BCUT2D eigenvalue weighted by atomic mass is 9.96. The number of likely N-dealkylation sites (tertiary alicyclic amines) is 1. The largest absolute Gasteiger partial charge is 0.478 e. The summed E-state index contributed by atoms with van der Waals surface area (Å²) in [6.45, 7) is 11.4. The zero-order valence-corrected chi connectivity index (χ0v) is 24.7. The Morgan fingerprint density at radius 3 is 2.10 bits per heavy atom. The van der Waals surface area contributed by atoms with Crippen molar-refractivity contribution in [3.8, 4) is 0 Å². The Morgan fingerprint density at radius 1 is 0.950 bits per heavy atom. The van der Waals surface area contributed by atoms with Crippen LogP contribution in [0.15, 0.2) is 48.5 Å². The van der Waals surface area contributed by atoms with Gasteiger partial charge in [0.25, 0.3) is 5.91 Å². The van der Waals surface area contributed by atoms with Gasteiger partial charge in [0.2, 0.25) is 0 Å². The topological polar surface area (TPSA) is 122 Å². The van der Waals surface area contributed by atoms with Gasteiger partial charge in [0, 0.05) is 18.7 Å². The molecule has 2 aliphatic rings. The van der Waals surface area contributed by atoms with Crippen LogP contribution in [0.25, 0.3) is 0 Å². The number of carboxylic acid groups (broad SMARTS) is 1. The zero-order valence-electron chi connectivity index (χ0n) is 24.7. The lowest BCUT2D eigenvalue weighted by Gasteiger charge is -2.29. The van der Waals surface area contributed by atoms with Crippen LogP contribution in [0.2, 0.25) is 0 Å². The summed E-state index contributed by atoms with van der Waals surface area (Å²) in [7, 11) is 0. The first-order valence-corrected chi connectivity index (χ1v) is 14.4. The Morgan fingerprint density at radius 2 is 1.52 bits per heavy atom. The number of carbonyl (C=O) groups is 3. The summed E-state index contributed by atoms with van der Waals surface area (Å²) in [5, 5.41) is 11.7. The number of rotatable bonds is 5. The molecule has 2 fully saturated rings. The van der Waals surface area contributed by atoms with Crippen molar-refractivity contribution in [3.05, 3.63) is 70.8 Å². The molecule has 40 heavy (non-hydrogen) atoms. The summed E-state index contributed by atoms with van der Waals surface area (Å²) in [6, 6.07) is 14.8. The molecule has 1 aliphatic carbocycles. The number of aromatic carboxylic acids is 1. The maximum Gasteiger partial charge on any atom is 0.410 e. The third-order valence-corrected chi connectivity index (χ3v) is 6.71. The molecule has 1 atom stereocenters. The lowest BCUT2D eigenvalue weighted by molar-refractivity contribution is 0.0224. The first-order valence-electron chi connectivity index (χ1n) is 14.4. The van der Waals surface area contributed by atoms with Crippen molar-refractivity contribution in [2.75, 3.05) is 19.6 Å². The number of carboxylic acids is 1. The standard InChI is InChI=1S/C18H26N2O3.C12H14O2.C2H7N/c1-5-19-16(21)14-9-6-8-13(12-14)15-10-7-11-20(15)17(22)23-18(2,3)4;13-12(14)11-7-3-6-10(8-11)9-4-1-2-5-9;1-2-3/h6,8-9,12,15H,5,7,10-11H2,1-4H3,(H,19,21);3,6-9H,1-2,4-5H2,(H,13,14);2-3H2,1H3. The fourth-order valence-electron chi connectivity index (χ4n) is 4.99. The van der Waals surface area contributed by atoms with Crippen molar-refractivity contribution in [2.45, 2.75) is 90.7 Å². The molecule has 4 N–H and O–H groups in total. The van der Waals surface area contributed by atoms with Gasteiger partial charge in [0.15, 0.2) is 0 Å². The Balaban J connectivity index is 0.000000279. The number of amides is 2. The van der Waals surface area contributed by atoms with Crippen molar-refractivity contribution >= 4 is 18.0 Å². The number of carbonyl (C=O) groups excluding carboxylic acids is 2. The predicted octanol–water partition coefficient (Wildman–Crippen LogP) is 6.52. The van der Waals surface area contributed by atoms with Gasteiger partial charge in [-0.2, -0.15) is 0 Å². The predicted molar refractivity (Wildman–Crippen MR) is 159 cm³/mol. The molecule has 1 unspecified atom stereocenters. The number of nitrogens with zero attached hydrogens (tertiary/aromatic N) is 1. The molecule has 1 saturated heterocycles. The van der Waals surface area contributed by atoms with Gasteiger partial charge >= 0.3 is 12.1 Å². The molecule has 2 amide bonds. The highest BCUT2D eigenvalue weighted by atomic mass is 16.6. The average Bonchev–Trinajstić information content (AvgIpc) is 3.62. The van der Waals surface area contributed by atoms with Gasteiger partial charge in [-0.15, -0.1) is 0 Å². The minimum atomic E-state index is -0.829. The van der Waals surface area contributed by atoms with E-state index in [0.29, 0.717) is 30.1 Å². The van der Waals surface area contributed by atoms with E-state index in [0.717, 1.165) is 24.9 Å². The van der Waals surface area contributed by atoms with E-state index in [2.05, 4.69) is 5.32 Å². The molecular formula is C32H47N3O5. The fourth-order valence-corrected chi connectivity index (χ4v) is 4.99. The van der Waals surface area contributed by atoms with Crippen molar-refractivity contribution < 1.29 is 24.2 Å². The second-order valence-electron chi connectivity index (χ2n) is 11.1. The third kappa shape index (κ3) is 10.3. The summed E-state index contributed by atoms with van der Waals surface area (Å²) in [5.41, 5.74) is 7.56. The number of benzene rings is 2. The van der Waals surface area contributed by atoms with E-state index < -0.39 is 11.6 Å². The Labute approximate surface area is 239 Å². The van der Waals surface area contributed by atoms with Crippen LogP contribution in [-0.4, -0.2) is 53.2 Å². The number of nitrogens with one attached hydrogen (secondary N) is 1. The average molecular weight is 554 g/mol. The van der Waals surface area contributed by atoms with Gasteiger partial charge in [0.05, 0.1) is 11.6 Å². The maximum atomic E-state index is 12.4. The van der Waals surface area contributed by atoms with Crippen LogP contribution in [0.5, 0.6) is 0 Å². The molecule has 4 rings (SSSR count). The van der Waals surface area contributed by atoms with Crippen molar-refractivity contribution in [1.29, 1.82) is 0 Å². The molecule has 2 aromatic carbocycles.